The van der Waals surface area contributed by atoms with Gasteiger partial charge in [-0.15, -0.1) is 23.2 Å². The third-order valence-corrected chi connectivity index (χ3v) is 12.5. The van der Waals surface area contributed by atoms with Crippen LogP contribution in [0.1, 0.15) is 29.9 Å². The minimum Gasteiger partial charge on any atom is -0.508 e. The third-order valence-electron chi connectivity index (χ3n) is 10.5. The standard InChI is InChI=1S/C39H28BrCl2FN2O6/c40-22-6-10-24(11-7-22)44-34(47)29-17-16-27-30(32(29)35(44)48)19-38(41)36(49)45(25-12-8-23(43)9-13-25)37(50)39(38,42)33(27)28-15-14-26(18-31(28)46)51-20-21-4-2-1-3-5-21/h1-16,18,29-30,32-33,46H,17,19-20H2. The smallest absolute Gasteiger partial charge is 0.258 e. The summed E-state index contributed by atoms with van der Waals surface area (Å²) in [6.07, 6.45) is 1.72. The van der Waals surface area contributed by atoms with Gasteiger partial charge in [-0.25, -0.2) is 9.29 Å². The molecular weight excluding hydrogens is 762 g/mol. The summed E-state index contributed by atoms with van der Waals surface area (Å²) in [5, 5.41) is 11.6. The number of benzene rings is 4. The van der Waals surface area contributed by atoms with Crippen molar-refractivity contribution in [1.29, 1.82) is 0 Å². The molecule has 2 heterocycles. The number of phenols is 1. The molecule has 8 rings (SSSR count). The monoisotopic (exact) mass is 788 g/mol. The van der Waals surface area contributed by atoms with Gasteiger partial charge >= 0.3 is 0 Å². The molecule has 0 spiro atoms. The highest BCUT2D eigenvalue weighted by atomic mass is 79.9. The van der Waals surface area contributed by atoms with E-state index in [-0.39, 0.29) is 42.4 Å². The second-order valence-electron chi connectivity index (χ2n) is 13.2. The van der Waals surface area contributed by atoms with E-state index in [4.69, 9.17) is 27.9 Å². The van der Waals surface area contributed by atoms with Crippen molar-refractivity contribution < 1.29 is 33.4 Å². The highest BCUT2D eigenvalue weighted by Crippen LogP contribution is 2.66. The molecule has 4 aromatic carbocycles. The molecule has 51 heavy (non-hydrogen) atoms. The first-order valence-corrected chi connectivity index (χ1v) is 17.8. The van der Waals surface area contributed by atoms with Crippen LogP contribution in [0.25, 0.3) is 0 Å². The Hall–Kier alpha value is -4.51. The minimum absolute atomic E-state index is 0.0665. The average molecular weight is 790 g/mol. The molecule has 0 radical (unpaired) electrons. The molecule has 258 valence electrons. The van der Waals surface area contributed by atoms with E-state index >= 15 is 0 Å². The van der Waals surface area contributed by atoms with Crippen molar-refractivity contribution in [2.45, 2.75) is 35.1 Å². The van der Waals surface area contributed by atoms with Crippen LogP contribution < -0.4 is 14.5 Å². The van der Waals surface area contributed by atoms with E-state index in [9.17, 15) is 28.7 Å². The molecule has 2 aliphatic heterocycles. The summed E-state index contributed by atoms with van der Waals surface area (Å²) in [5.41, 5.74) is 2.10. The number of ether oxygens (including phenoxy) is 1. The number of hydrogen-bond acceptors (Lipinski definition) is 6. The van der Waals surface area contributed by atoms with Crippen molar-refractivity contribution in [2.75, 3.05) is 9.80 Å². The molecular formula is C39H28BrCl2FN2O6. The molecule has 4 amide bonds. The van der Waals surface area contributed by atoms with Gasteiger partial charge in [-0.3, -0.25) is 24.1 Å². The number of imide groups is 2. The second kappa shape index (κ2) is 12.3. The van der Waals surface area contributed by atoms with Crippen LogP contribution in [0.2, 0.25) is 0 Å². The first-order chi connectivity index (χ1) is 24.4. The largest absolute Gasteiger partial charge is 0.508 e. The molecule has 6 atom stereocenters. The number of hydrogen-bond donors (Lipinski definition) is 1. The van der Waals surface area contributed by atoms with Crippen molar-refractivity contribution in [3.8, 4) is 11.5 Å². The molecule has 4 aromatic rings. The van der Waals surface area contributed by atoms with E-state index in [1.165, 1.54) is 23.1 Å². The Labute approximate surface area is 310 Å². The van der Waals surface area contributed by atoms with Crippen LogP contribution in [0.5, 0.6) is 11.5 Å². The maximum Gasteiger partial charge on any atom is 0.258 e. The van der Waals surface area contributed by atoms with E-state index in [1.54, 1.807) is 42.5 Å². The molecule has 1 N–H and O–H groups in total. The maximum atomic E-state index is 14.6. The van der Waals surface area contributed by atoms with Crippen LogP contribution >= 0.6 is 39.1 Å². The Morgan fingerprint density at radius 2 is 1.49 bits per heavy atom. The second-order valence-corrected chi connectivity index (χ2v) is 15.4. The zero-order chi connectivity index (χ0) is 35.8. The molecule has 1 saturated carbocycles. The van der Waals surface area contributed by atoms with Crippen LogP contribution in [0.3, 0.4) is 0 Å². The quantitative estimate of drug-likeness (QED) is 0.122. The van der Waals surface area contributed by atoms with Gasteiger partial charge < -0.3 is 9.84 Å². The van der Waals surface area contributed by atoms with Crippen molar-refractivity contribution in [2.24, 2.45) is 17.8 Å². The molecule has 4 aliphatic rings. The maximum absolute atomic E-state index is 14.6. The molecule has 8 nitrogen and oxygen atoms in total. The Morgan fingerprint density at radius 3 is 2.18 bits per heavy atom. The summed E-state index contributed by atoms with van der Waals surface area (Å²) >= 11 is 18.3. The molecule has 2 saturated heterocycles. The van der Waals surface area contributed by atoms with Gasteiger partial charge in [0.25, 0.3) is 11.8 Å². The Morgan fingerprint density at radius 1 is 0.824 bits per heavy atom. The number of carbonyl (C=O) groups is 4. The van der Waals surface area contributed by atoms with Gasteiger partial charge in [-0.05, 0) is 78.9 Å². The van der Waals surface area contributed by atoms with E-state index in [0.717, 1.165) is 27.1 Å². The predicted octanol–water partition coefficient (Wildman–Crippen LogP) is 7.64. The molecule has 12 heteroatoms. The zero-order valence-electron chi connectivity index (χ0n) is 26.6. The van der Waals surface area contributed by atoms with E-state index in [2.05, 4.69) is 15.9 Å². The van der Waals surface area contributed by atoms with Crippen molar-refractivity contribution in [3.05, 3.63) is 130 Å². The van der Waals surface area contributed by atoms with Gasteiger partial charge in [0.2, 0.25) is 11.8 Å². The number of halogens is 4. The number of carbonyl (C=O) groups excluding carboxylic acids is 4. The minimum atomic E-state index is -2.18. The van der Waals surface area contributed by atoms with Crippen molar-refractivity contribution >= 4 is 74.1 Å². The predicted molar refractivity (Wildman–Crippen MR) is 192 cm³/mol. The summed E-state index contributed by atoms with van der Waals surface area (Å²) < 4.78 is 20.7. The lowest BCUT2D eigenvalue weighted by molar-refractivity contribution is -0.125. The highest BCUT2D eigenvalue weighted by molar-refractivity contribution is 9.10. The summed E-state index contributed by atoms with van der Waals surface area (Å²) in [7, 11) is 0. The Bertz CT molecular complexity index is 2150. The third kappa shape index (κ3) is 5.05. The molecule has 0 aromatic heterocycles. The molecule has 0 bridgehead atoms. The summed E-state index contributed by atoms with van der Waals surface area (Å²) in [4.78, 5) is 54.9. The lowest BCUT2D eigenvalue weighted by atomic mass is 9.56. The topological polar surface area (TPSA) is 104 Å². The fourth-order valence-electron chi connectivity index (χ4n) is 8.19. The number of alkyl halides is 2. The number of aromatic hydroxyl groups is 1. The van der Waals surface area contributed by atoms with Crippen LogP contribution in [-0.2, 0) is 25.8 Å². The van der Waals surface area contributed by atoms with Gasteiger partial charge in [0.15, 0.2) is 9.75 Å². The summed E-state index contributed by atoms with van der Waals surface area (Å²) in [5.74, 6) is -6.69. The van der Waals surface area contributed by atoms with Crippen molar-refractivity contribution in [1.82, 2.24) is 0 Å². The van der Waals surface area contributed by atoms with E-state index in [0.29, 0.717) is 17.0 Å². The number of fused-ring (bicyclic) bond motifs is 4. The van der Waals surface area contributed by atoms with Gasteiger partial charge in [-0.2, -0.15) is 0 Å². The number of nitrogens with zero attached hydrogens (tertiary/aromatic N) is 2. The molecule has 3 fully saturated rings. The van der Waals surface area contributed by atoms with Crippen molar-refractivity contribution in [3.63, 3.8) is 0 Å². The number of amides is 4. The summed E-state index contributed by atoms with van der Waals surface area (Å²) in [6, 6.07) is 25.7. The number of anilines is 2. The first kappa shape index (κ1) is 33.6. The fraction of sp³-hybridized carbons (Fsp3) is 0.231. The summed E-state index contributed by atoms with van der Waals surface area (Å²) in [6.45, 7) is 0.230. The van der Waals surface area contributed by atoms with Gasteiger partial charge in [-0.1, -0.05) is 64.0 Å². The van der Waals surface area contributed by atoms with E-state index in [1.807, 2.05) is 30.3 Å². The number of rotatable bonds is 6. The number of allylic oxidation sites excluding steroid dienone is 2. The Kier molecular flexibility index (Phi) is 8.12. The molecule has 2 aliphatic carbocycles. The molecule has 6 unspecified atom stereocenters. The van der Waals surface area contributed by atoms with Gasteiger partial charge in [0, 0.05) is 22.0 Å². The lowest BCUT2D eigenvalue weighted by Crippen LogP contribution is -2.60. The van der Waals surface area contributed by atoms with Crippen LogP contribution in [0, 0.1) is 23.6 Å². The first-order valence-electron chi connectivity index (χ1n) is 16.3. The van der Waals surface area contributed by atoms with Crippen LogP contribution in [0.15, 0.2) is 113 Å². The normalized spacial score (nSPS) is 28.4. The van der Waals surface area contributed by atoms with Gasteiger partial charge in [0.05, 0.1) is 23.2 Å². The zero-order valence-corrected chi connectivity index (χ0v) is 29.7. The average Bonchev–Trinajstić information content (AvgIpc) is 3.46. The lowest BCUT2D eigenvalue weighted by Gasteiger charge is -2.50. The SMILES string of the molecule is O=C1C2CC=C3C(CC4(Cl)C(=O)N(c5ccc(F)cc5)C(=O)C4(Cl)C3c3ccc(OCc4ccccc4)cc3O)C2C(=O)N1c1ccc(Br)cc1. The number of phenolic OH excluding ortho intramolecular Hbond substituents is 1. The fourth-order valence-corrected chi connectivity index (χ4v) is 9.38. The van der Waals surface area contributed by atoms with Crippen LogP contribution in [-0.4, -0.2) is 38.5 Å². The van der Waals surface area contributed by atoms with E-state index < -0.39 is 57.0 Å². The highest BCUT2D eigenvalue weighted by Gasteiger charge is 2.77. The van der Waals surface area contributed by atoms with Crippen LogP contribution in [0.4, 0.5) is 15.8 Å². The van der Waals surface area contributed by atoms with Gasteiger partial charge in [0.1, 0.15) is 23.9 Å². The Balaban J connectivity index is 1.24.